The Balaban J connectivity index is 1.32. The molecule has 1 aromatic heterocycles. The van der Waals surface area contributed by atoms with Gasteiger partial charge >= 0.3 is 0 Å². The van der Waals surface area contributed by atoms with Crippen molar-refractivity contribution in [2.24, 2.45) is 0 Å². The maximum atomic E-state index is 12.4. The standard InChI is InChI=1S/C25H25N3O2/c29-25(26-18-17-19-7-3-1-4-8-19)21-13-11-20(12-14-21)23-15-16-24(28-27-23)30-22-9-5-2-6-10-22/h2,5-7,9-16H,1,3-4,8,17-18H2,(H,26,29). The molecule has 0 radical (unpaired) electrons. The summed E-state index contributed by atoms with van der Waals surface area (Å²) in [6, 6.07) is 20.5. The van der Waals surface area contributed by atoms with Crippen LogP contribution in [0.15, 0.2) is 78.4 Å². The highest BCUT2D eigenvalue weighted by atomic mass is 16.5. The number of amides is 1. The van der Waals surface area contributed by atoms with Crippen molar-refractivity contribution in [2.45, 2.75) is 32.1 Å². The Bertz CT molecular complexity index is 997. The number of aromatic nitrogens is 2. The minimum Gasteiger partial charge on any atom is -0.438 e. The minimum atomic E-state index is -0.0457. The third kappa shape index (κ3) is 5.32. The fraction of sp³-hybridized carbons (Fsp3) is 0.240. The van der Waals surface area contributed by atoms with E-state index in [0.29, 0.717) is 18.0 Å². The zero-order valence-electron chi connectivity index (χ0n) is 16.9. The average molecular weight is 399 g/mol. The molecule has 1 N–H and O–H groups in total. The van der Waals surface area contributed by atoms with Crippen LogP contribution in [-0.2, 0) is 0 Å². The molecule has 5 nitrogen and oxygen atoms in total. The molecule has 0 fully saturated rings. The van der Waals surface area contributed by atoms with Crippen LogP contribution < -0.4 is 10.1 Å². The average Bonchev–Trinajstić information content (AvgIpc) is 2.81. The lowest BCUT2D eigenvalue weighted by molar-refractivity contribution is 0.0954. The molecule has 0 spiro atoms. The lowest BCUT2D eigenvalue weighted by atomic mass is 9.97. The van der Waals surface area contributed by atoms with Crippen molar-refractivity contribution >= 4 is 5.91 Å². The molecule has 0 atom stereocenters. The highest BCUT2D eigenvalue weighted by Gasteiger charge is 2.09. The molecule has 1 aliphatic carbocycles. The van der Waals surface area contributed by atoms with Crippen molar-refractivity contribution < 1.29 is 9.53 Å². The fourth-order valence-electron chi connectivity index (χ4n) is 3.50. The Hall–Kier alpha value is -3.47. The van der Waals surface area contributed by atoms with Gasteiger partial charge in [0.25, 0.3) is 5.91 Å². The first-order chi connectivity index (χ1) is 14.8. The summed E-state index contributed by atoms with van der Waals surface area (Å²) >= 11 is 0. The van der Waals surface area contributed by atoms with Crippen LogP contribution in [0.3, 0.4) is 0 Å². The first kappa shape index (κ1) is 19.8. The lowest BCUT2D eigenvalue weighted by Gasteiger charge is -2.13. The molecule has 152 valence electrons. The first-order valence-electron chi connectivity index (χ1n) is 10.4. The van der Waals surface area contributed by atoms with Crippen molar-refractivity contribution in [3.8, 4) is 22.9 Å². The van der Waals surface area contributed by atoms with Crippen LogP contribution in [-0.4, -0.2) is 22.6 Å². The van der Waals surface area contributed by atoms with Crippen molar-refractivity contribution in [1.82, 2.24) is 15.5 Å². The van der Waals surface area contributed by atoms with Crippen molar-refractivity contribution in [2.75, 3.05) is 6.54 Å². The van der Waals surface area contributed by atoms with E-state index in [-0.39, 0.29) is 5.91 Å². The van der Waals surface area contributed by atoms with Gasteiger partial charge in [-0.3, -0.25) is 4.79 Å². The molecule has 1 amide bonds. The molecule has 0 bridgehead atoms. The number of carbonyl (C=O) groups is 1. The number of allylic oxidation sites excluding steroid dienone is 1. The predicted molar refractivity (Wildman–Crippen MR) is 117 cm³/mol. The molecule has 5 heteroatoms. The number of nitrogens with zero attached hydrogens (tertiary/aromatic N) is 2. The number of hydrogen-bond donors (Lipinski definition) is 1. The molecule has 4 rings (SSSR count). The summed E-state index contributed by atoms with van der Waals surface area (Å²) in [4.78, 5) is 12.4. The van der Waals surface area contributed by atoms with Crippen LogP contribution in [0.25, 0.3) is 11.3 Å². The summed E-state index contributed by atoms with van der Waals surface area (Å²) in [7, 11) is 0. The third-order valence-electron chi connectivity index (χ3n) is 5.17. The Kier molecular flexibility index (Phi) is 6.50. The molecule has 1 heterocycles. The molecular formula is C25H25N3O2. The van der Waals surface area contributed by atoms with E-state index in [1.54, 1.807) is 6.07 Å². The van der Waals surface area contributed by atoms with Gasteiger partial charge in [0, 0.05) is 23.7 Å². The fourth-order valence-corrected chi connectivity index (χ4v) is 3.50. The van der Waals surface area contributed by atoms with E-state index in [2.05, 4.69) is 21.6 Å². The van der Waals surface area contributed by atoms with E-state index in [4.69, 9.17) is 4.74 Å². The monoisotopic (exact) mass is 399 g/mol. The summed E-state index contributed by atoms with van der Waals surface area (Å²) in [5.74, 6) is 1.11. The smallest absolute Gasteiger partial charge is 0.251 e. The summed E-state index contributed by atoms with van der Waals surface area (Å²) in [6.45, 7) is 0.681. The maximum Gasteiger partial charge on any atom is 0.251 e. The molecule has 2 aromatic carbocycles. The number of hydrogen-bond acceptors (Lipinski definition) is 4. The van der Waals surface area contributed by atoms with E-state index in [1.165, 1.54) is 31.3 Å². The Labute approximate surface area is 176 Å². The highest BCUT2D eigenvalue weighted by Crippen LogP contribution is 2.22. The second kappa shape index (κ2) is 9.83. The van der Waals surface area contributed by atoms with Gasteiger partial charge in [-0.2, -0.15) is 0 Å². The zero-order chi connectivity index (χ0) is 20.6. The van der Waals surface area contributed by atoms with E-state index < -0.39 is 0 Å². The van der Waals surface area contributed by atoms with Crippen LogP contribution >= 0.6 is 0 Å². The van der Waals surface area contributed by atoms with Crippen molar-refractivity contribution in [3.63, 3.8) is 0 Å². The second-order valence-electron chi connectivity index (χ2n) is 7.36. The van der Waals surface area contributed by atoms with Gasteiger partial charge in [-0.15, -0.1) is 10.2 Å². The van der Waals surface area contributed by atoms with Gasteiger partial charge in [-0.1, -0.05) is 42.0 Å². The SMILES string of the molecule is O=C(NCCC1=CCCCC1)c1ccc(-c2ccc(Oc3ccccc3)nn2)cc1. The van der Waals surface area contributed by atoms with Crippen LogP contribution in [0.4, 0.5) is 0 Å². The molecular weight excluding hydrogens is 374 g/mol. The quantitative estimate of drug-likeness (QED) is 0.529. The van der Waals surface area contributed by atoms with Crippen LogP contribution in [0.5, 0.6) is 11.6 Å². The van der Waals surface area contributed by atoms with Crippen LogP contribution in [0.1, 0.15) is 42.5 Å². The molecule has 30 heavy (non-hydrogen) atoms. The molecule has 0 saturated carbocycles. The Morgan fingerprint density at radius 3 is 2.47 bits per heavy atom. The second-order valence-corrected chi connectivity index (χ2v) is 7.36. The van der Waals surface area contributed by atoms with Crippen molar-refractivity contribution in [1.29, 1.82) is 0 Å². The van der Waals surface area contributed by atoms with E-state index in [1.807, 2.05) is 60.7 Å². The molecule has 0 aliphatic heterocycles. The Morgan fingerprint density at radius 1 is 0.933 bits per heavy atom. The minimum absolute atomic E-state index is 0.0457. The molecule has 0 saturated heterocycles. The number of nitrogens with one attached hydrogen (secondary N) is 1. The van der Waals surface area contributed by atoms with Gasteiger partial charge in [-0.05, 0) is 62.4 Å². The van der Waals surface area contributed by atoms with Gasteiger partial charge in [0.2, 0.25) is 5.88 Å². The molecule has 3 aromatic rings. The number of para-hydroxylation sites is 1. The first-order valence-corrected chi connectivity index (χ1v) is 10.4. The largest absolute Gasteiger partial charge is 0.438 e. The number of ether oxygens (including phenoxy) is 1. The van der Waals surface area contributed by atoms with Gasteiger partial charge in [0.1, 0.15) is 5.75 Å². The number of carbonyl (C=O) groups excluding carboxylic acids is 1. The van der Waals surface area contributed by atoms with Crippen LogP contribution in [0, 0.1) is 0 Å². The van der Waals surface area contributed by atoms with Gasteiger partial charge in [0.15, 0.2) is 0 Å². The molecule has 0 unspecified atom stereocenters. The molecule has 1 aliphatic rings. The lowest BCUT2D eigenvalue weighted by Crippen LogP contribution is -2.24. The van der Waals surface area contributed by atoms with Crippen molar-refractivity contribution in [3.05, 3.63) is 83.9 Å². The normalized spacial score (nSPS) is 13.4. The summed E-state index contributed by atoms with van der Waals surface area (Å²) in [5, 5.41) is 11.4. The third-order valence-corrected chi connectivity index (χ3v) is 5.17. The maximum absolute atomic E-state index is 12.4. The topological polar surface area (TPSA) is 64.1 Å². The summed E-state index contributed by atoms with van der Waals surface area (Å²) in [6.07, 6.45) is 8.16. The van der Waals surface area contributed by atoms with Gasteiger partial charge in [0.05, 0.1) is 5.69 Å². The zero-order valence-corrected chi connectivity index (χ0v) is 16.9. The van der Waals surface area contributed by atoms with E-state index in [0.717, 1.165) is 23.4 Å². The number of rotatable bonds is 7. The number of benzene rings is 2. The summed E-state index contributed by atoms with van der Waals surface area (Å²) < 4.78 is 5.67. The van der Waals surface area contributed by atoms with Gasteiger partial charge < -0.3 is 10.1 Å². The van der Waals surface area contributed by atoms with E-state index >= 15 is 0 Å². The predicted octanol–water partition coefficient (Wildman–Crippen LogP) is 5.56. The highest BCUT2D eigenvalue weighted by molar-refractivity contribution is 5.94. The summed E-state index contributed by atoms with van der Waals surface area (Å²) in [5.41, 5.74) is 3.74. The van der Waals surface area contributed by atoms with Crippen LogP contribution in [0.2, 0.25) is 0 Å². The van der Waals surface area contributed by atoms with Gasteiger partial charge in [-0.25, -0.2) is 0 Å². The van der Waals surface area contributed by atoms with E-state index in [9.17, 15) is 4.79 Å². The Morgan fingerprint density at radius 2 is 1.77 bits per heavy atom.